The summed E-state index contributed by atoms with van der Waals surface area (Å²) >= 11 is 9.15. The van der Waals surface area contributed by atoms with Gasteiger partial charge < -0.3 is 10.2 Å². The molecule has 2 aromatic rings. The summed E-state index contributed by atoms with van der Waals surface area (Å²) in [5, 5.41) is 4.19. The quantitative estimate of drug-likeness (QED) is 0.720. The van der Waals surface area contributed by atoms with E-state index in [1.54, 1.807) is 0 Å². The Bertz CT molecular complexity index is 727. The normalized spacial score (nSPS) is 16.5. The number of thiocarbonyl (C=S) groups is 1. The predicted octanol–water partition coefficient (Wildman–Crippen LogP) is 4.83. The molecule has 1 atom stereocenters. The van der Waals surface area contributed by atoms with Crippen molar-refractivity contribution in [3.05, 3.63) is 64.1 Å². The Morgan fingerprint density at radius 2 is 1.76 bits per heavy atom. The SMILES string of the molecule is Cc1cc(NC(=S)N2CCN(C(C)c3ccccc3)CC2)ccc1Br. The second kappa shape index (κ2) is 8.30. The van der Waals surface area contributed by atoms with Gasteiger partial charge in [-0.1, -0.05) is 46.3 Å². The highest BCUT2D eigenvalue weighted by atomic mass is 79.9. The van der Waals surface area contributed by atoms with Crippen molar-refractivity contribution in [3.8, 4) is 0 Å². The van der Waals surface area contributed by atoms with Crippen molar-refractivity contribution in [2.24, 2.45) is 0 Å². The first-order valence-corrected chi connectivity index (χ1v) is 9.86. The van der Waals surface area contributed by atoms with Crippen LogP contribution in [0.15, 0.2) is 53.0 Å². The number of benzene rings is 2. The molecule has 25 heavy (non-hydrogen) atoms. The first-order valence-electron chi connectivity index (χ1n) is 8.65. The van der Waals surface area contributed by atoms with Crippen LogP contribution in [-0.4, -0.2) is 41.1 Å². The van der Waals surface area contributed by atoms with E-state index >= 15 is 0 Å². The lowest BCUT2D eigenvalue weighted by Crippen LogP contribution is -2.50. The maximum absolute atomic E-state index is 5.61. The van der Waals surface area contributed by atoms with Gasteiger partial charge in [0.25, 0.3) is 0 Å². The third-order valence-corrected chi connectivity index (χ3v) is 6.09. The van der Waals surface area contributed by atoms with Crippen LogP contribution in [0.25, 0.3) is 0 Å². The van der Waals surface area contributed by atoms with Crippen LogP contribution in [0.2, 0.25) is 0 Å². The zero-order valence-electron chi connectivity index (χ0n) is 14.7. The molecule has 0 aliphatic carbocycles. The van der Waals surface area contributed by atoms with Gasteiger partial charge in [-0.2, -0.15) is 0 Å². The molecule has 1 heterocycles. The standard InChI is InChI=1S/C20H24BrN3S/c1-15-14-18(8-9-19(15)21)22-20(25)24-12-10-23(11-13-24)16(2)17-6-4-3-5-7-17/h3-9,14,16H,10-13H2,1-2H3,(H,22,25). The number of nitrogens with one attached hydrogen (secondary N) is 1. The number of hydrogen-bond acceptors (Lipinski definition) is 2. The lowest BCUT2D eigenvalue weighted by Gasteiger charge is -2.39. The molecule has 132 valence electrons. The number of rotatable bonds is 3. The molecule has 1 saturated heterocycles. The van der Waals surface area contributed by atoms with Crippen LogP contribution in [0.1, 0.15) is 24.1 Å². The lowest BCUT2D eigenvalue weighted by molar-refractivity contribution is 0.142. The van der Waals surface area contributed by atoms with Crippen LogP contribution in [0.4, 0.5) is 5.69 Å². The molecule has 5 heteroatoms. The summed E-state index contributed by atoms with van der Waals surface area (Å²) in [7, 11) is 0. The first-order chi connectivity index (χ1) is 12.0. The van der Waals surface area contributed by atoms with Gasteiger partial charge in [-0.3, -0.25) is 4.90 Å². The van der Waals surface area contributed by atoms with E-state index in [1.807, 2.05) is 0 Å². The molecule has 1 fully saturated rings. The highest BCUT2D eigenvalue weighted by molar-refractivity contribution is 9.10. The van der Waals surface area contributed by atoms with Crippen molar-refractivity contribution in [1.82, 2.24) is 9.80 Å². The molecule has 0 spiro atoms. The zero-order valence-corrected chi connectivity index (χ0v) is 17.1. The molecule has 3 rings (SSSR count). The summed E-state index contributed by atoms with van der Waals surface area (Å²) in [4.78, 5) is 4.79. The van der Waals surface area contributed by atoms with Crippen LogP contribution in [-0.2, 0) is 0 Å². The van der Waals surface area contributed by atoms with Gasteiger partial charge in [0.2, 0.25) is 0 Å². The number of nitrogens with zero attached hydrogens (tertiary/aromatic N) is 2. The summed E-state index contributed by atoms with van der Waals surface area (Å²) in [5.74, 6) is 0. The lowest BCUT2D eigenvalue weighted by atomic mass is 10.1. The third kappa shape index (κ3) is 4.60. The molecule has 1 unspecified atom stereocenters. The summed E-state index contributed by atoms with van der Waals surface area (Å²) in [6, 6.07) is 17.4. The number of anilines is 1. The minimum Gasteiger partial charge on any atom is -0.346 e. The van der Waals surface area contributed by atoms with E-state index in [0.29, 0.717) is 6.04 Å². The second-order valence-corrected chi connectivity index (χ2v) is 7.74. The van der Waals surface area contributed by atoms with E-state index in [1.165, 1.54) is 11.1 Å². The molecule has 0 aromatic heterocycles. The van der Waals surface area contributed by atoms with Gasteiger partial charge in [-0.25, -0.2) is 0 Å². The van der Waals surface area contributed by atoms with Crippen LogP contribution in [0.3, 0.4) is 0 Å². The first kappa shape index (κ1) is 18.4. The smallest absolute Gasteiger partial charge is 0.173 e. The molecular weight excluding hydrogens is 394 g/mol. The van der Waals surface area contributed by atoms with Crippen LogP contribution in [0, 0.1) is 6.92 Å². The highest BCUT2D eigenvalue weighted by Crippen LogP contribution is 2.23. The Balaban J connectivity index is 1.54. The van der Waals surface area contributed by atoms with Gasteiger partial charge in [-0.15, -0.1) is 0 Å². The predicted molar refractivity (Wildman–Crippen MR) is 113 cm³/mol. The van der Waals surface area contributed by atoms with E-state index in [9.17, 15) is 0 Å². The third-order valence-electron chi connectivity index (χ3n) is 4.84. The van der Waals surface area contributed by atoms with Crippen molar-refractivity contribution in [3.63, 3.8) is 0 Å². The largest absolute Gasteiger partial charge is 0.346 e. The average Bonchev–Trinajstić information content (AvgIpc) is 2.65. The number of halogens is 1. The van der Waals surface area contributed by atoms with Crippen molar-refractivity contribution in [1.29, 1.82) is 0 Å². The Labute approximate surface area is 164 Å². The van der Waals surface area contributed by atoms with Gasteiger partial charge in [0.1, 0.15) is 0 Å². The van der Waals surface area contributed by atoms with Crippen molar-refractivity contribution < 1.29 is 0 Å². The van der Waals surface area contributed by atoms with Gasteiger partial charge in [0, 0.05) is 42.4 Å². The van der Waals surface area contributed by atoms with Gasteiger partial charge in [-0.05, 0) is 55.4 Å². The fourth-order valence-electron chi connectivity index (χ4n) is 3.18. The van der Waals surface area contributed by atoms with Crippen molar-refractivity contribution in [2.45, 2.75) is 19.9 Å². The molecular formula is C20H24BrN3S. The van der Waals surface area contributed by atoms with Crippen LogP contribution in [0.5, 0.6) is 0 Å². The molecule has 1 N–H and O–H groups in total. The number of hydrogen-bond donors (Lipinski definition) is 1. The molecule has 0 amide bonds. The van der Waals surface area contributed by atoms with E-state index in [2.05, 4.69) is 93.4 Å². The maximum atomic E-state index is 5.61. The average molecular weight is 418 g/mol. The minimum atomic E-state index is 0.444. The Morgan fingerprint density at radius 3 is 2.40 bits per heavy atom. The summed E-state index contributed by atoms with van der Waals surface area (Å²) in [5.41, 5.74) is 3.63. The van der Waals surface area contributed by atoms with Crippen LogP contribution >= 0.6 is 28.1 Å². The number of piperazine rings is 1. The van der Waals surface area contributed by atoms with E-state index in [4.69, 9.17) is 12.2 Å². The van der Waals surface area contributed by atoms with E-state index < -0.39 is 0 Å². The minimum absolute atomic E-state index is 0.444. The molecule has 1 aliphatic heterocycles. The van der Waals surface area contributed by atoms with E-state index in [-0.39, 0.29) is 0 Å². The maximum Gasteiger partial charge on any atom is 0.173 e. The van der Waals surface area contributed by atoms with Gasteiger partial charge in [0.05, 0.1) is 0 Å². The second-order valence-electron chi connectivity index (χ2n) is 6.50. The Kier molecular flexibility index (Phi) is 6.10. The topological polar surface area (TPSA) is 18.5 Å². The summed E-state index contributed by atoms with van der Waals surface area (Å²) in [6.07, 6.45) is 0. The highest BCUT2D eigenvalue weighted by Gasteiger charge is 2.23. The van der Waals surface area contributed by atoms with Crippen molar-refractivity contribution >= 4 is 38.9 Å². The molecule has 2 aromatic carbocycles. The fourth-order valence-corrected chi connectivity index (χ4v) is 3.73. The molecule has 3 nitrogen and oxygen atoms in total. The molecule has 0 saturated carbocycles. The summed E-state index contributed by atoms with van der Waals surface area (Å²) < 4.78 is 1.12. The molecule has 0 radical (unpaired) electrons. The zero-order chi connectivity index (χ0) is 17.8. The van der Waals surface area contributed by atoms with Crippen molar-refractivity contribution in [2.75, 3.05) is 31.5 Å². The fraction of sp³-hybridized carbons (Fsp3) is 0.350. The molecule has 0 bridgehead atoms. The Hall–Kier alpha value is -1.43. The Morgan fingerprint density at radius 1 is 1.08 bits per heavy atom. The molecule has 1 aliphatic rings. The van der Waals surface area contributed by atoms with E-state index in [0.717, 1.165) is 41.5 Å². The summed E-state index contributed by atoms with van der Waals surface area (Å²) in [6.45, 7) is 8.33. The monoisotopic (exact) mass is 417 g/mol. The van der Waals surface area contributed by atoms with Gasteiger partial charge in [0.15, 0.2) is 5.11 Å². The number of aryl methyl sites for hydroxylation is 1. The van der Waals surface area contributed by atoms with Gasteiger partial charge >= 0.3 is 0 Å². The van der Waals surface area contributed by atoms with Crippen LogP contribution < -0.4 is 5.32 Å².